The van der Waals surface area contributed by atoms with Crippen molar-refractivity contribution in [3.05, 3.63) is 12.2 Å². The molecule has 0 spiro atoms. The molecule has 3 atom stereocenters. The number of hydrogen-bond donors (Lipinski definition) is 0. The van der Waals surface area contributed by atoms with Gasteiger partial charge in [0.2, 0.25) is 0 Å². The lowest BCUT2D eigenvalue weighted by Gasteiger charge is -2.50. The molecule has 2 saturated carbocycles. The third kappa shape index (κ3) is 0.758. The molecule has 0 bridgehead atoms. The molecule has 60 valence electrons. The van der Waals surface area contributed by atoms with E-state index in [1.54, 1.807) is 12.8 Å². The number of hydrogen-bond acceptors (Lipinski definition) is 0. The Balaban J connectivity index is 1.67. The summed E-state index contributed by atoms with van der Waals surface area (Å²) in [5, 5.41) is 0. The summed E-state index contributed by atoms with van der Waals surface area (Å²) in [5.74, 6) is 4.31. The van der Waals surface area contributed by atoms with Crippen LogP contribution in [-0.4, -0.2) is 0 Å². The van der Waals surface area contributed by atoms with Gasteiger partial charge in [-0.15, -0.1) is 0 Å². The van der Waals surface area contributed by atoms with Crippen LogP contribution in [0.3, 0.4) is 0 Å². The van der Waals surface area contributed by atoms with E-state index in [1.165, 1.54) is 19.3 Å². The molecule has 0 radical (unpaired) electrons. The van der Waals surface area contributed by atoms with E-state index in [0.717, 1.165) is 23.7 Å². The molecule has 0 nitrogen and oxygen atoms in total. The zero-order valence-corrected chi connectivity index (χ0v) is 7.00. The molecule has 2 fully saturated rings. The van der Waals surface area contributed by atoms with Crippen LogP contribution in [0.1, 0.15) is 32.1 Å². The Bertz CT molecular complexity index is 186. The van der Waals surface area contributed by atoms with E-state index >= 15 is 0 Å². The van der Waals surface area contributed by atoms with Gasteiger partial charge in [-0.25, -0.2) is 0 Å². The van der Waals surface area contributed by atoms with Gasteiger partial charge in [0.1, 0.15) is 0 Å². The number of rotatable bonds is 1. The van der Waals surface area contributed by atoms with Crippen molar-refractivity contribution in [1.29, 1.82) is 0 Å². The van der Waals surface area contributed by atoms with Gasteiger partial charge in [0, 0.05) is 0 Å². The summed E-state index contributed by atoms with van der Waals surface area (Å²) in [5.41, 5.74) is 0. The second-order valence-corrected chi connectivity index (χ2v) is 4.57. The Morgan fingerprint density at radius 3 is 2.27 bits per heavy atom. The smallest absolute Gasteiger partial charge is 0.0139 e. The molecule has 3 aliphatic carbocycles. The summed E-state index contributed by atoms with van der Waals surface area (Å²) < 4.78 is 0. The fraction of sp³-hybridized carbons (Fsp3) is 0.818. The maximum Gasteiger partial charge on any atom is -0.0139 e. The average Bonchev–Trinajstić information content (AvgIpc) is 2.46. The molecule has 0 heterocycles. The van der Waals surface area contributed by atoms with Gasteiger partial charge in [0.05, 0.1) is 0 Å². The van der Waals surface area contributed by atoms with Crippen LogP contribution in [0, 0.1) is 23.7 Å². The van der Waals surface area contributed by atoms with Crippen LogP contribution in [-0.2, 0) is 0 Å². The molecule has 0 saturated heterocycles. The number of allylic oxidation sites excluding steroid dienone is 2. The largest absolute Gasteiger partial charge is 0.0845 e. The fourth-order valence-corrected chi connectivity index (χ4v) is 3.26. The fourth-order valence-electron chi connectivity index (χ4n) is 3.26. The minimum atomic E-state index is 1.03. The third-order valence-electron chi connectivity index (χ3n) is 4.12. The van der Waals surface area contributed by atoms with Crippen LogP contribution in [0.25, 0.3) is 0 Å². The normalized spacial score (nSPS) is 48.2. The van der Waals surface area contributed by atoms with Crippen LogP contribution in [0.4, 0.5) is 0 Å². The summed E-state index contributed by atoms with van der Waals surface area (Å²) in [4.78, 5) is 0. The van der Waals surface area contributed by atoms with Crippen LogP contribution >= 0.6 is 0 Å². The first kappa shape index (κ1) is 6.28. The predicted octanol–water partition coefficient (Wildman–Crippen LogP) is 3.00. The standard InChI is InChI=1S/C11H16/c1-2-4-8(3-1)11-7-9-5-6-10(9)11/h5-6,8-11H,1-4,7H2. The first-order valence-electron chi connectivity index (χ1n) is 5.13. The summed E-state index contributed by atoms with van der Waals surface area (Å²) in [6.07, 6.45) is 12.5. The minimum Gasteiger partial charge on any atom is -0.0845 e. The maximum atomic E-state index is 2.46. The topological polar surface area (TPSA) is 0 Å². The summed E-state index contributed by atoms with van der Waals surface area (Å²) in [6.45, 7) is 0. The molecular weight excluding hydrogens is 132 g/mol. The quantitative estimate of drug-likeness (QED) is 0.501. The van der Waals surface area contributed by atoms with Gasteiger partial charge in [0.25, 0.3) is 0 Å². The van der Waals surface area contributed by atoms with Crippen LogP contribution < -0.4 is 0 Å². The molecule has 0 N–H and O–H groups in total. The Hall–Kier alpha value is -0.260. The highest BCUT2D eigenvalue weighted by atomic mass is 14.5. The summed E-state index contributed by atoms with van der Waals surface area (Å²) >= 11 is 0. The molecule has 0 amide bonds. The lowest BCUT2D eigenvalue weighted by atomic mass is 9.54. The third-order valence-corrected chi connectivity index (χ3v) is 4.12. The van der Waals surface area contributed by atoms with Gasteiger partial charge in [-0.3, -0.25) is 0 Å². The summed E-state index contributed by atoms with van der Waals surface area (Å²) in [6, 6.07) is 0. The maximum absolute atomic E-state index is 2.46. The van der Waals surface area contributed by atoms with Gasteiger partial charge in [-0.05, 0) is 30.1 Å². The highest BCUT2D eigenvalue weighted by Gasteiger charge is 2.46. The summed E-state index contributed by atoms with van der Waals surface area (Å²) in [7, 11) is 0. The molecule has 3 aliphatic rings. The van der Waals surface area contributed by atoms with E-state index in [2.05, 4.69) is 12.2 Å². The first-order valence-corrected chi connectivity index (χ1v) is 5.13. The van der Waals surface area contributed by atoms with Crippen LogP contribution in [0.5, 0.6) is 0 Å². The van der Waals surface area contributed by atoms with Crippen molar-refractivity contribution in [3.63, 3.8) is 0 Å². The molecule has 0 aromatic heterocycles. The van der Waals surface area contributed by atoms with Gasteiger partial charge < -0.3 is 0 Å². The highest BCUT2D eigenvalue weighted by Crippen LogP contribution is 2.54. The van der Waals surface area contributed by atoms with E-state index < -0.39 is 0 Å². The monoisotopic (exact) mass is 148 g/mol. The van der Waals surface area contributed by atoms with E-state index in [9.17, 15) is 0 Å². The molecule has 3 unspecified atom stereocenters. The van der Waals surface area contributed by atoms with Crippen molar-refractivity contribution >= 4 is 0 Å². The zero-order chi connectivity index (χ0) is 7.26. The van der Waals surface area contributed by atoms with Crippen molar-refractivity contribution < 1.29 is 0 Å². The minimum absolute atomic E-state index is 1.03. The van der Waals surface area contributed by atoms with E-state index in [0.29, 0.717) is 0 Å². The molecule has 0 aromatic rings. The van der Waals surface area contributed by atoms with Crippen molar-refractivity contribution in [2.75, 3.05) is 0 Å². The Morgan fingerprint density at radius 1 is 1.00 bits per heavy atom. The second kappa shape index (κ2) is 2.12. The highest BCUT2D eigenvalue weighted by molar-refractivity contribution is 5.19. The van der Waals surface area contributed by atoms with E-state index in [4.69, 9.17) is 0 Å². The Labute approximate surface area is 68.7 Å². The van der Waals surface area contributed by atoms with Crippen LogP contribution in [0.15, 0.2) is 12.2 Å². The Morgan fingerprint density at radius 2 is 1.82 bits per heavy atom. The lowest BCUT2D eigenvalue weighted by molar-refractivity contribution is 0.0681. The van der Waals surface area contributed by atoms with Crippen LogP contribution in [0.2, 0.25) is 0 Å². The number of fused-ring (bicyclic) bond motifs is 1. The van der Waals surface area contributed by atoms with Gasteiger partial charge in [0.15, 0.2) is 0 Å². The van der Waals surface area contributed by atoms with Crippen molar-refractivity contribution in [2.24, 2.45) is 23.7 Å². The van der Waals surface area contributed by atoms with Crippen molar-refractivity contribution in [3.8, 4) is 0 Å². The molecule has 0 heteroatoms. The predicted molar refractivity (Wildman–Crippen MR) is 46.2 cm³/mol. The second-order valence-electron chi connectivity index (χ2n) is 4.57. The molecule has 0 aromatic carbocycles. The van der Waals surface area contributed by atoms with E-state index in [1.807, 2.05) is 0 Å². The molecular formula is C11H16. The van der Waals surface area contributed by atoms with Crippen molar-refractivity contribution in [1.82, 2.24) is 0 Å². The molecule has 0 aliphatic heterocycles. The average molecular weight is 148 g/mol. The van der Waals surface area contributed by atoms with Gasteiger partial charge >= 0.3 is 0 Å². The lowest BCUT2D eigenvalue weighted by Crippen LogP contribution is -2.42. The van der Waals surface area contributed by atoms with Gasteiger partial charge in [-0.2, -0.15) is 0 Å². The van der Waals surface area contributed by atoms with E-state index in [-0.39, 0.29) is 0 Å². The molecule has 3 rings (SSSR count). The Kier molecular flexibility index (Phi) is 1.21. The SMILES string of the molecule is C1=CC2C1CC2C1CCCC1. The zero-order valence-electron chi connectivity index (χ0n) is 7.00. The van der Waals surface area contributed by atoms with Crippen molar-refractivity contribution in [2.45, 2.75) is 32.1 Å². The van der Waals surface area contributed by atoms with Gasteiger partial charge in [-0.1, -0.05) is 37.8 Å². The first-order chi connectivity index (χ1) is 5.45. The molecule has 11 heavy (non-hydrogen) atoms.